The summed E-state index contributed by atoms with van der Waals surface area (Å²) in [6.45, 7) is 1.62. The smallest absolute Gasteiger partial charge is 0.231 e. The lowest BCUT2D eigenvalue weighted by Crippen LogP contribution is -2.99. The number of anilines is 1. The molecule has 2 aliphatic rings. The van der Waals surface area contributed by atoms with E-state index in [1.807, 2.05) is 36.4 Å². The van der Waals surface area contributed by atoms with Crippen molar-refractivity contribution in [2.45, 2.75) is 22.3 Å². The van der Waals surface area contributed by atoms with Gasteiger partial charge < -0.3 is 24.7 Å². The number of rotatable bonds is 6. The molecule has 1 unspecified atom stereocenters. The Labute approximate surface area is 214 Å². The number of methoxy groups -OCH3 is 1. The van der Waals surface area contributed by atoms with Crippen LogP contribution in [0.4, 0.5) is 11.4 Å². The molecule has 186 valence electrons. The largest absolute Gasteiger partial charge is 0.595 e. The van der Waals surface area contributed by atoms with E-state index in [1.54, 1.807) is 31.0 Å². The molecule has 9 heteroatoms. The third kappa shape index (κ3) is 5.09. The lowest BCUT2D eigenvalue weighted by atomic mass is 9.91. The first-order valence-corrected chi connectivity index (χ1v) is 12.4. The molecule has 3 aromatic rings. The Morgan fingerprint density at radius 2 is 1.89 bits per heavy atom. The normalized spacial score (nSPS) is 17.1. The number of hydrogen-bond acceptors (Lipinski definition) is 8. The highest BCUT2D eigenvalue weighted by Gasteiger charge is 2.33. The Hall–Kier alpha value is -3.39. The lowest BCUT2D eigenvalue weighted by molar-refractivity contribution is -0.991. The summed E-state index contributed by atoms with van der Waals surface area (Å²) in [7, 11) is 3.73. The number of nitrogens with zero attached hydrogens (tertiary/aromatic N) is 1. The Morgan fingerprint density at radius 1 is 1.17 bits per heavy atom. The average molecular weight is 506 g/mol. The second-order valence-corrected chi connectivity index (χ2v) is 9.63. The summed E-state index contributed by atoms with van der Waals surface area (Å²) in [6.07, 6.45) is 0.906. The zero-order valence-corrected chi connectivity index (χ0v) is 20.9. The molecule has 0 saturated heterocycles. The molecule has 0 bridgehead atoms. The monoisotopic (exact) mass is 505 g/mol. The van der Waals surface area contributed by atoms with Gasteiger partial charge in [0.15, 0.2) is 17.2 Å². The Kier molecular flexibility index (Phi) is 7.23. The van der Waals surface area contributed by atoms with Crippen molar-refractivity contribution < 1.29 is 24.6 Å². The van der Waals surface area contributed by atoms with E-state index in [4.69, 9.17) is 19.4 Å². The van der Waals surface area contributed by atoms with Crippen molar-refractivity contribution in [2.24, 2.45) is 0 Å². The molecule has 2 heterocycles. The van der Waals surface area contributed by atoms with E-state index in [0.717, 1.165) is 39.8 Å². The molecule has 2 aliphatic heterocycles. The van der Waals surface area contributed by atoms with E-state index in [0.29, 0.717) is 18.0 Å². The first-order valence-electron chi connectivity index (χ1n) is 11.6. The molecule has 0 radical (unpaired) electrons. The minimum Gasteiger partial charge on any atom is -0.595 e. The summed E-state index contributed by atoms with van der Waals surface area (Å²) in [5.41, 5.74) is 3.51. The van der Waals surface area contributed by atoms with Gasteiger partial charge in [-0.15, -0.1) is 0 Å². The standard InChI is InChI=1S/C27H27N3O5S/c1-29-15-13-18-16-24-26(35-17-34-24)27(33-2)25(18)23(29)4-3-14-28-19-5-9-21(10-6-19)36-22-11-7-20(8-12-22)30(31)32/h5-12,16,23,28,30-31H,13-15,17H2,1-2H3/t23-/m1/s1. The number of hydrogen-bond donors (Lipinski definition) is 3. The molecule has 3 N–H and O–H groups in total. The fourth-order valence-electron chi connectivity index (χ4n) is 4.35. The maximum absolute atomic E-state index is 11.0. The van der Waals surface area contributed by atoms with Crippen LogP contribution >= 0.6 is 11.8 Å². The third-order valence-corrected chi connectivity index (χ3v) is 7.22. The predicted molar refractivity (Wildman–Crippen MR) is 137 cm³/mol. The van der Waals surface area contributed by atoms with E-state index >= 15 is 0 Å². The molecule has 0 aromatic heterocycles. The van der Waals surface area contributed by atoms with Gasteiger partial charge in [0.1, 0.15) is 6.04 Å². The maximum Gasteiger partial charge on any atom is 0.231 e. The first kappa shape index (κ1) is 24.3. The Balaban J connectivity index is 1.23. The fourth-order valence-corrected chi connectivity index (χ4v) is 5.17. The molecule has 0 aliphatic carbocycles. The molecule has 2 atom stereocenters. The molecule has 5 rings (SSSR count). The van der Waals surface area contributed by atoms with Crippen molar-refractivity contribution in [1.82, 2.24) is 4.90 Å². The van der Waals surface area contributed by atoms with Gasteiger partial charge in [-0.05, 0) is 61.5 Å². The first-order chi connectivity index (χ1) is 17.5. The SMILES string of the molecule is COc1c2c(cc3c1[C@@H](C#CCNc1ccc(Sc4ccc([NH+]([O-])O)cc4)cc1)N(C)CC3)OCO2. The van der Waals surface area contributed by atoms with Gasteiger partial charge >= 0.3 is 0 Å². The van der Waals surface area contributed by atoms with Crippen LogP contribution in [0.5, 0.6) is 17.2 Å². The quantitative estimate of drug-likeness (QED) is 0.346. The highest BCUT2D eigenvalue weighted by Crippen LogP contribution is 2.49. The van der Waals surface area contributed by atoms with Crippen molar-refractivity contribution in [3.63, 3.8) is 0 Å². The van der Waals surface area contributed by atoms with E-state index in [1.165, 1.54) is 5.56 Å². The van der Waals surface area contributed by atoms with Gasteiger partial charge in [0, 0.05) is 39.7 Å². The number of benzene rings is 3. The van der Waals surface area contributed by atoms with Gasteiger partial charge in [0.25, 0.3) is 0 Å². The molecule has 8 nitrogen and oxygen atoms in total. The minimum absolute atomic E-state index is 0.0914. The van der Waals surface area contributed by atoms with E-state index < -0.39 is 5.23 Å². The van der Waals surface area contributed by atoms with Crippen LogP contribution in [0.1, 0.15) is 17.2 Å². The zero-order valence-electron chi connectivity index (χ0n) is 20.0. The molecule has 0 fully saturated rings. The molecule has 36 heavy (non-hydrogen) atoms. The summed E-state index contributed by atoms with van der Waals surface area (Å²) in [5, 5.41) is 22.5. The van der Waals surface area contributed by atoms with Crippen LogP contribution in [0.15, 0.2) is 64.4 Å². The van der Waals surface area contributed by atoms with E-state index in [2.05, 4.69) is 35.2 Å². The van der Waals surface area contributed by atoms with E-state index in [-0.39, 0.29) is 18.5 Å². The van der Waals surface area contributed by atoms with E-state index in [9.17, 15) is 5.21 Å². The zero-order chi connectivity index (χ0) is 25.1. The predicted octanol–water partition coefficient (Wildman–Crippen LogP) is 3.62. The topological polar surface area (TPSA) is 90.7 Å². The number of fused-ring (bicyclic) bond motifs is 2. The summed E-state index contributed by atoms with van der Waals surface area (Å²) >= 11 is 1.58. The van der Waals surface area contributed by atoms with Crippen molar-refractivity contribution in [3.8, 4) is 29.1 Å². The van der Waals surface area contributed by atoms with Gasteiger partial charge in [0.2, 0.25) is 12.5 Å². The Bertz CT molecular complexity index is 1290. The van der Waals surface area contributed by atoms with Crippen LogP contribution in [-0.4, -0.2) is 44.1 Å². The molecule has 0 spiro atoms. The van der Waals surface area contributed by atoms with Gasteiger partial charge in [-0.2, -0.15) is 5.23 Å². The van der Waals surface area contributed by atoms with Crippen LogP contribution < -0.4 is 24.8 Å². The highest BCUT2D eigenvalue weighted by atomic mass is 32.2. The van der Waals surface area contributed by atoms with Crippen molar-refractivity contribution >= 4 is 23.1 Å². The van der Waals surface area contributed by atoms with Gasteiger partial charge in [-0.1, -0.05) is 23.6 Å². The summed E-state index contributed by atoms with van der Waals surface area (Å²) in [6, 6.07) is 16.9. The molecule has 0 saturated carbocycles. The Morgan fingerprint density at radius 3 is 2.58 bits per heavy atom. The van der Waals surface area contributed by atoms with Crippen LogP contribution in [0.25, 0.3) is 0 Å². The van der Waals surface area contributed by atoms with Crippen molar-refractivity contribution in [1.29, 1.82) is 0 Å². The van der Waals surface area contributed by atoms with Gasteiger partial charge in [-0.25, -0.2) is 5.21 Å². The number of ether oxygens (including phenoxy) is 3. The second-order valence-electron chi connectivity index (χ2n) is 8.48. The minimum atomic E-state index is -0.921. The summed E-state index contributed by atoms with van der Waals surface area (Å²) < 4.78 is 17.0. The summed E-state index contributed by atoms with van der Waals surface area (Å²) in [5.74, 6) is 8.80. The van der Waals surface area contributed by atoms with Gasteiger partial charge in [-0.3, -0.25) is 4.90 Å². The van der Waals surface area contributed by atoms with Gasteiger partial charge in [0.05, 0.1) is 13.7 Å². The average Bonchev–Trinajstić information content (AvgIpc) is 3.36. The number of likely N-dealkylation sites (N-methyl/N-ethyl adjacent to an activating group) is 1. The van der Waals surface area contributed by atoms with Crippen LogP contribution in [-0.2, 0) is 6.42 Å². The lowest BCUT2D eigenvalue weighted by Gasteiger charge is -2.32. The molecule has 0 amide bonds. The number of nitrogens with one attached hydrogen (secondary N) is 2. The molecule has 3 aromatic carbocycles. The molecular formula is C27H27N3O5S. The van der Waals surface area contributed by atoms with Crippen LogP contribution in [0.2, 0.25) is 0 Å². The van der Waals surface area contributed by atoms with Crippen molar-refractivity contribution in [2.75, 3.05) is 39.4 Å². The van der Waals surface area contributed by atoms with Crippen LogP contribution in [0.3, 0.4) is 0 Å². The summed E-state index contributed by atoms with van der Waals surface area (Å²) in [4.78, 5) is 4.29. The fraction of sp³-hybridized carbons (Fsp3) is 0.259. The molecular weight excluding hydrogens is 478 g/mol. The van der Waals surface area contributed by atoms with Crippen LogP contribution in [0, 0.1) is 17.0 Å². The second kappa shape index (κ2) is 10.7. The van der Waals surface area contributed by atoms with Crippen molar-refractivity contribution in [3.05, 3.63) is 70.9 Å². The maximum atomic E-state index is 11.0. The number of quaternary nitrogens is 1. The third-order valence-electron chi connectivity index (χ3n) is 6.21. The highest BCUT2D eigenvalue weighted by molar-refractivity contribution is 7.99.